The summed E-state index contributed by atoms with van der Waals surface area (Å²) in [5.41, 5.74) is 0. The summed E-state index contributed by atoms with van der Waals surface area (Å²) in [4.78, 5) is 11.3. The fourth-order valence-electron chi connectivity index (χ4n) is 1.01. The fraction of sp³-hybridized carbons (Fsp3) is 0.556. The Balaban J connectivity index is 2.04. The van der Waals surface area contributed by atoms with Gasteiger partial charge in [0.25, 0.3) is 0 Å². The van der Waals surface area contributed by atoms with Crippen molar-refractivity contribution in [3.05, 3.63) is 12.3 Å². The molecular formula is C9H15N3O3. The van der Waals surface area contributed by atoms with Crippen molar-refractivity contribution < 1.29 is 14.1 Å². The maximum absolute atomic E-state index is 11.3. The minimum Gasteiger partial charge on any atom is -0.385 e. The maximum atomic E-state index is 11.3. The van der Waals surface area contributed by atoms with Crippen molar-refractivity contribution >= 4 is 11.7 Å². The van der Waals surface area contributed by atoms with E-state index in [0.717, 1.165) is 13.0 Å². The van der Waals surface area contributed by atoms with Crippen molar-refractivity contribution in [1.29, 1.82) is 0 Å². The Morgan fingerprint density at radius 1 is 1.67 bits per heavy atom. The van der Waals surface area contributed by atoms with Gasteiger partial charge in [-0.2, -0.15) is 0 Å². The van der Waals surface area contributed by atoms with Gasteiger partial charge in [-0.05, 0) is 13.0 Å². The smallest absolute Gasteiger partial charge is 0.239 e. The minimum absolute atomic E-state index is 0.138. The number of ether oxygens (including phenoxy) is 1. The molecule has 0 bridgehead atoms. The van der Waals surface area contributed by atoms with Crippen molar-refractivity contribution in [2.75, 3.05) is 32.1 Å². The van der Waals surface area contributed by atoms with Crippen LogP contribution in [0.15, 0.2) is 16.9 Å². The lowest BCUT2D eigenvalue weighted by molar-refractivity contribution is -0.115. The predicted molar refractivity (Wildman–Crippen MR) is 54.5 cm³/mol. The molecule has 0 spiro atoms. The number of methoxy groups -OCH3 is 1. The number of hydrogen-bond donors (Lipinski definition) is 2. The monoisotopic (exact) mass is 213 g/mol. The van der Waals surface area contributed by atoms with Crippen molar-refractivity contribution in [2.24, 2.45) is 0 Å². The molecule has 0 aliphatic rings. The molecular weight excluding hydrogens is 198 g/mol. The van der Waals surface area contributed by atoms with Crippen LogP contribution in [0.2, 0.25) is 0 Å². The average Bonchev–Trinajstić information content (AvgIpc) is 2.70. The summed E-state index contributed by atoms with van der Waals surface area (Å²) in [5.74, 6) is 0.292. The molecule has 84 valence electrons. The summed E-state index contributed by atoms with van der Waals surface area (Å²) in [6, 6.07) is 1.59. The number of rotatable bonds is 7. The molecule has 0 aliphatic heterocycles. The molecule has 0 radical (unpaired) electrons. The van der Waals surface area contributed by atoms with E-state index in [1.165, 1.54) is 6.26 Å². The van der Waals surface area contributed by atoms with Crippen molar-refractivity contribution in [3.8, 4) is 0 Å². The van der Waals surface area contributed by atoms with Crippen LogP contribution in [-0.2, 0) is 9.53 Å². The molecule has 1 heterocycles. The molecule has 0 atom stereocenters. The third kappa shape index (κ3) is 5.14. The molecule has 1 rings (SSSR count). The van der Waals surface area contributed by atoms with Crippen LogP contribution in [-0.4, -0.2) is 37.9 Å². The topological polar surface area (TPSA) is 76.4 Å². The highest BCUT2D eigenvalue weighted by Crippen LogP contribution is 1.99. The summed E-state index contributed by atoms with van der Waals surface area (Å²) in [6.07, 6.45) is 2.29. The summed E-state index contributed by atoms with van der Waals surface area (Å²) in [6.45, 7) is 1.70. The molecule has 1 amide bonds. The van der Waals surface area contributed by atoms with Crippen LogP contribution in [0.1, 0.15) is 6.42 Å². The summed E-state index contributed by atoms with van der Waals surface area (Å²) < 4.78 is 9.44. The first-order chi connectivity index (χ1) is 7.33. The van der Waals surface area contributed by atoms with E-state index in [-0.39, 0.29) is 12.5 Å². The van der Waals surface area contributed by atoms with E-state index in [4.69, 9.17) is 4.74 Å². The molecule has 1 aromatic heterocycles. The van der Waals surface area contributed by atoms with Crippen LogP contribution in [0.4, 0.5) is 5.82 Å². The van der Waals surface area contributed by atoms with Gasteiger partial charge in [0, 0.05) is 19.8 Å². The van der Waals surface area contributed by atoms with Crippen molar-refractivity contribution in [3.63, 3.8) is 0 Å². The van der Waals surface area contributed by atoms with Gasteiger partial charge in [0.2, 0.25) is 5.91 Å². The van der Waals surface area contributed by atoms with Gasteiger partial charge >= 0.3 is 0 Å². The number of hydrogen-bond acceptors (Lipinski definition) is 5. The molecule has 15 heavy (non-hydrogen) atoms. The Bertz CT molecular complexity index is 274. The van der Waals surface area contributed by atoms with E-state index in [1.807, 2.05) is 0 Å². The first kappa shape index (κ1) is 11.7. The van der Waals surface area contributed by atoms with Gasteiger partial charge in [0.05, 0.1) is 6.54 Å². The molecule has 2 N–H and O–H groups in total. The van der Waals surface area contributed by atoms with Crippen LogP contribution in [0, 0.1) is 0 Å². The Labute approximate surface area is 88.0 Å². The molecule has 6 heteroatoms. The standard InChI is InChI=1S/C9H15N3O3/c1-14-5-2-4-10-7-9(13)11-8-3-6-15-12-8/h3,6,10H,2,4-5,7H2,1H3,(H,11,12,13). The molecule has 0 unspecified atom stereocenters. The molecule has 0 aliphatic carbocycles. The second kappa shape index (κ2) is 6.97. The van der Waals surface area contributed by atoms with Gasteiger partial charge < -0.3 is 19.9 Å². The molecule has 0 saturated heterocycles. The first-order valence-electron chi connectivity index (χ1n) is 4.73. The van der Waals surface area contributed by atoms with Crippen LogP contribution >= 0.6 is 0 Å². The van der Waals surface area contributed by atoms with Gasteiger partial charge in [0.1, 0.15) is 6.26 Å². The van der Waals surface area contributed by atoms with Crippen molar-refractivity contribution in [2.45, 2.75) is 6.42 Å². The van der Waals surface area contributed by atoms with Gasteiger partial charge in [0.15, 0.2) is 5.82 Å². The van der Waals surface area contributed by atoms with Gasteiger partial charge in [-0.15, -0.1) is 0 Å². The molecule has 0 saturated carbocycles. The highest BCUT2D eigenvalue weighted by molar-refractivity contribution is 5.91. The number of carbonyl (C=O) groups excluding carboxylic acids is 1. The normalized spacial score (nSPS) is 10.2. The van der Waals surface area contributed by atoms with E-state index in [2.05, 4.69) is 20.3 Å². The predicted octanol–water partition coefficient (Wildman–Crippen LogP) is 0.239. The Morgan fingerprint density at radius 3 is 3.20 bits per heavy atom. The van der Waals surface area contributed by atoms with E-state index in [9.17, 15) is 4.79 Å². The molecule has 1 aromatic rings. The van der Waals surface area contributed by atoms with Crippen LogP contribution < -0.4 is 10.6 Å². The second-order valence-corrected chi connectivity index (χ2v) is 2.96. The molecule has 6 nitrogen and oxygen atoms in total. The zero-order chi connectivity index (χ0) is 10.9. The number of nitrogens with one attached hydrogen (secondary N) is 2. The zero-order valence-corrected chi connectivity index (χ0v) is 8.66. The maximum Gasteiger partial charge on any atom is 0.239 e. The third-order valence-electron chi connectivity index (χ3n) is 1.69. The number of amides is 1. The molecule has 0 aromatic carbocycles. The van der Waals surface area contributed by atoms with Crippen molar-refractivity contribution in [1.82, 2.24) is 10.5 Å². The lowest BCUT2D eigenvalue weighted by Gasteiger charge is -2.03. The van der Waals surface area contributed by atoms with Crippen LogP contribution in [0.3, 0.4) is 0 Å². The van der Waals surface area contributed by atoms with Gasteiger partial charge in [-0.25, -0.2) is 0 Å². The SMILES string of the molecule is COCCCNCC(=O)Nc1ccon1. The van der Waals surface area contributed by atoms with Crippen LogP contribution in [0.5, 0.6) is 0 Å². The lowest BCUT2D eigenvalue weighted by atomic mass is 10.4. The highest BCUT2D eigenvalue weighted by atomic mass is 16.5. The number of nitrogens with zero attached hydrogens (tertiary/aromatic N) is 1. The zero-order valence-electron chi connectivity index (χ0n) is 8.66. The second-order valence-electron chi connectivity index (χ2n) is 2.96. The van der Waals surface area contributed by atoms with E-state index >= 15 is 0 Å². The highest BCUT2D eigenvalue weighted by Gasteiger charge is 2.02. The number of carbonyl (C=O) groups is 1. The first-order valence-corrected chi connectivity index (χ1v) is 4.73. The third-order valence-corrected chi connectivity index (χ3v) is 1.69. The summed E-state index contributed by atoms with van der Waals surface area (Å²) >= 11 is 0. The van der Waals surface area contributed by atoms with E-state index in [0.29, 0.717) is 12.4 Å². The van der Waals surface area contributed by atoms with E-state index < -0.39 is 0 Å². The number of aromatic nitrogens is 1. The lowest BCUT2D eigenvalue weighted by Crippen LogP contribution is -2.29. The quantitative estimate of drug-likeness (QED) is 0.634. The largest absolute Gasteiger partial charge is 0.385 e. The fourth-order valence-corrected chi connectivity index (χ4v) is 1.01. The Hall–Kier alpha value is -1.40. The van der Waals surface area contributed by atoms with Crippen LogP contribution in [0.25, 0.3) is 0 Å². The van der Waals surface area contributed by atoms with Gasteiger partial charge in [-0.1, -0.05) is 5.16 Å². The number of anilines is 1. The Kier molecular flexibility index (Phi) is 5.42. The average molecular weight is 213 g/mol. The minimum atomic E-state index is -0.138. The van der Waals surface area contributed by atoms with E-state index in [1.54, 1.807) is 13.2 Å². The summed E-state index contributed by atoms with van der Waals surface area (Å²) in [5, 5.41) is 9.12. The molecule has 0 fully saturated rings. The van der Waals surface area contributed by atoms with Gasteiger partial charge in [-0.3, -0.25) is 4.79 Å². The Morgan fingerprint density at radius 2 is 2.53 bits per heavy atom. The summed E-state index contributed by atoms with van der Waals surface area (Å²) in [7, 11) is 1.65.